The number of ether oxygens (including phenoxy) is 1. The van der Waals surface area contributed by atoms with Crippen LogP contribution in [-0.4, -0.2) is 0 Å². The van der Waals surface area contributed by atoms with Gasteiger partial charge in [-0.25, -0.2) is 0 Å². The third-order valence-corrected chi connectivity index (χ3v) is 10.1. The summed E-state index contributed by atoms with van der Waals surface area (Å²) >= 11 is 0. The Morgan fingerprint density at radius 3 is 2.09 bits per heavy atom. The molecule has 1 atom stereocenters. The molecule has 210 valence electrons. The van der Waals surface area contributed by atoms with E-state index in [0.717, 1.165) is 28.0 Å². The molecule has 3 heteroatoms. The van der Waals surface area contributed by atoms with E-state index in [4.69, 9.17) is 10.00 Å². The number of fused-ring (bicyclic) bond motifs is 10. The van der Waals surface area contributed by atoms with Crippen molar-refractivity contribution in [1.29, 1.82) is 5.26 Å². The lowest BCUT2D eigenvalue weighted by Crippen LogP contribution is -2.35. The highest BCUT2D eigenvalue weighted by Crippen LogP contribution is 2.61. The quantitative estimate of drug-likeness (QED) is 0.177. The number of hydrogen-bond donors (Lipinski definition) is 1. The van der Waals surface area contributed by atoms with Gasteiger partial charge < -0.3 is 4.74 Å². The van der Waals surface area contributed by atoms with Crippen LogP contribution in [0.25, 0.3) is 28.0 Å². The van der Waals surface area contributed by atoms with Crippen LogP contribution < -0.4 is 10.1 Å². The summed E-state index contributed by atoms with van der Waals surface area (Å²) in [4.78, 5) is 0. The summed E-state index contributed by atoms with van der Waals surface area (Å²) in [6.07, 6.45) is 15.4. The predicted octanol–water partition coefficient (Wildman–Crippen LogP) is 10.1. The predicted molar refractivity (Wildman–Crippen MR) is 175 cm³/mol. The Hall–Kier alpha value is -4.81. The van der Waals surface area contributed by atoms with E-state index >= 15 is 0 Å². The first-order valence-electron chi connectivity index (χ1n) is 15.6. The maximum Gasteiger partial charge on any atom is 0.181 e. The lowest BCUT2D eigenvalue weighted by Gasteiger charge is -2.40. The Morgan fingerprint density at radius 2 is 1.33 bits per heavy atom. The number of hydrogen-bond acceptors (Lipinski definition) is 3. The highest BCUT2D eigenvalue weighted by Gasteiger charge is 2.47. The molecular formula is C40H34N2O. The number of nitrogens with zero attached hydrogens (tertiary/aromatic N) is 1. The summed E-state index contributed by atoms with van der Waals surface area (Å²) < 4.78 is 7.45. The molecule has 43 heavy (non-hydrogen) atoms. The van der Waals surface area contributed by atoms with E-state index in [-0.39, 0.29) is 5.41 Å². The van der Waals surface area contributed by atoms with Crippen molar-refractivity contribution in [1.82, 2.24) is 0 Å². The fraction of sp³-hybridized carbons (Fsp3) is 0.225. The molecule has 1 heterocycles. The smallest absolute Gasteiger partial charge is 0.181 e. The van der Waals surface area contributed by atoms with Crippen molar-refractivity contribution in [2.24, 2.45) is 0 Å². The Labute approximate surface area is 253 Å². The highest BCUT2D eigenvalue weighted by atomic mass is 16.5. The maximum absolute atomic E-state index is 9.16. The molecule has 1 saturated carbocycles. The minimum absolute atomic E-state index is 0.00841. The van der Waals surface area contributed by atoms with Crippen molar-refractivity contribution in [3.05, 3.63) is 137 Å². The van der Waals surface area contributed by atoms with Crippen molar-refractivity contribution in [3.8, 4) is 23.1 Å². The minimum Gasteiger partial charge on any atom is -0.472 e. The van der Waals surface area contributed by atoms with Gasteiger partial charge in [-0.1, -0.05) is 129 Å². The third-order valence-electron chi connectivity index (χ3n) is 10.1. The lowest BCUT2D eigenvalue weighted by atomic mass is 9.67. The van der Waals surface area contributed by atoms with Crippen LogP contribution in [0.5, 0.6) is 5.75 Å². The van der Waals surface area contributed by atoms with Crippen LogP contribution in [0.2, 0.25) is 0 Å². The monoisotopic (exact) mass is 558 g/mol. The van der Waals surface area contributed by atoms with Gasteiger partial charge in [-0.2, -0.15) is 5.26 Å². The van der Waals surface area contributed by atoms with Crippen LogP contribution in [0.1, 0.15) is 72.8 Å². The Morgan fingerprint density at radius 1 is 0.674 bits per heavy atom. The molecule has 0 saturated heterocycles. The summed E-state index contributed by atoms with van der Waals surface area (Å²) in [5.41, 5.74) is 9.05. The van der Waals surface area contributed by atoms with Crippen LogP contribution in [0.3, 0.4) is 0 Å². The second-order valence-corrected chi connectivity index (χ2v) is 12.3. The number of benzene rings is 5. The average molecular weight is 559 g/mol. The van der Waals surface area contributed by atoms with Crippen molar-refractivity contribution in [3.63, 3.8) is 0 Å². The van der Waals surface area contributed by atoms with Gasteiger partial charge in [0.1, 0.15) is 5.75 Å². The largest absolute Gasteiger partial charge is 0.472 e. The topological polar surface area (TPSA) is 45.0 Å². The standard InChI is InChI=1S/C40H34N2O/c41-27-42-30-21-19-29(20-22-30)40(28-13-5-4-6-14-28)26-23-34-37-36(31-15-7-8-16-32(31)38(34)43-40)33-17-9-10-18-35(33)39(37)24-11-2-1-3-12-25-39/h4-10,13-23,26,42H,1-3,11-12,24-25H2. The van der Waals surface area contributed by atoms with E-state index in [0.29, 0.717) is 0 Å². The molecule has 0 radical (unpaired) electrons. The zero-order valence-corrected chi connectivity index (χ0v) is 24.3. The Bertz CT molecular complexity index is 1910. The van der Waals surface area contributed by atoms with Gasteiger partial charge in [0.2, 0.25) is 0 Å². The van der Waals surface area contributed by atoms with E-state index in [1.807, 2.05) is 18.3 Å². The summed E-state index contributed by atoms with van der Waals surface area (Å²) in [6, 6.07) is 36.6. The molecule has 1 spiro atoms. The molecule has 0 amide bonds. The number of rotatable bonds is 3. The summed E-state index contributed by atoms with van der Waals surface area (Å²) in [5, 5.41) is 14.3. The number of anilines is 1. The van der Waals surface area contributed by atoms with E-state index in [2.05, 4.69) is 108 Å². The molecule has 0 aromatic heterocycles. The maximum atomic E-state index is 9.16. The molecule has 3 nitrogen and oxygen atoms in total. The van der Waals surface area contributed by atoms with E-state index in [1.54, 1.807) is 0 Å². The molecule has 5 aromatic carbocycles. The van der Waals surface area contributed by atoms with Gasteiger partial charge in [0.15, 0.2) is 11.8 Å². The second kappa shape index (κ2) is 10.2. The Kier molecular flexibility index (Phi) is 6.12. The van der Waals surface area contributed by atoms with Crippen LogP contribution in [0.15, 0.2) is 109 Å². The first-order valence-corrected chi connectivity index (χ1v) is 15.6. The molecule has 1 unspecified atom stereocenters. The van der Waals surface area contributed by atoms with E-state index in [1.165, 1.54) is 78.1 Å². The minimum atomic E-state index is -0.810. The molecular weight excluding hydrogens is 524 g/mol. The normalized spacial score (nSPS) is 19.8. The fourth-order valence-corrected chi connectivity index (χ4v) is 8.18. The molecule has 5 aromatic rings. The first kappa shape index (κ1) is 25.9. The van der Waals surface area contributed by atoms with Gasteiger partial charge in [0, 0.05) is 33.2 Å². The highest BCUT2D eigenvalue weighted by molar-refractivity contribution is 6.08. The molecule has 8 rings (SSSR count). The van der Waals surface area contributed by atoms with Crippen LogP contribution in [-0.2, 0) is 11.0 Å². The van der Waals surface area contributed by atoms with Gasteiger partial charge in [-0.3, -0.25) is 5.32 Å². The van der Waals surface area contributed by atoms with Crippen LogP contribution in [0, 0.1) is 11.5 Å². The van der Waals surface area contributed by atoms with Gasteiger partial charge in [0.25, 0.3) is 0 Å². The van der Waals surface area contributed by atoms with Crippen molar-refractivity contribution in [2.75, 3.05) is 5.32 Å². The van der Waals surface area contributed by atoms with Gasteiger partial charge >= 0.3 is 0 Å². The first-order chi connectivity index (χ1) is 21.2. The van der Waals surface area contributed by atoms with E-state index in [9.17, 15) is 0 Å². The van der Waals surface area contributed by atoms with Crippen molar-refractivity contribution in [2.45, 2.75) is 56.0 Å². The molecule has 0 bridgehead atoms. The second-order valence-electron chi connectivity index (χ2n) is 12.3. The SMILES string of the molecule is N#CNc1ccc(C2(c3ccccc3)C=Cc3c4c(c5ccccc5c3O2)-c2ccccc2C42CCCCCCC2)cc1. The number of nitrogens with one attached hydrogen (secondary N) is 1. The summed E-state index contributed by atoms with van der Waals surface area (Å²) in [7, 11) is 0. The lowest BCUT2D eigenvalue weighted by molar-refractivity contribution is 0.163. The summed E-state index contributed by atoms with van der Waals surface area (Å²) in [5.74, 6) is 0.967. The van der Waals surface area contributed by atoms with Gasteiger partial charge in [-0.05, 0) is 58.7 Å². The molecule has 3 aliphatic rings. The zero-order chi connectivity index (χ0) is 28.9. The van der Waals surface area contributed by atoms with Crippen molar-refractivity contribution < 1.29 is 4.74 Å². The summed E-state index contributed by atoms with van der Waals surface area (Å²) in [6.45, 7) is 0. The average Bonchev–Trinajstić information content (AvgIpc) is 3.34. The fourth-order valence-electron chi connectivity index (χ4n) is 8.18. The van der Waals surface area contributed by atoms with E-state index < -0.39 is 5.60 Å². The third kappa shape index (κ3) is 3.86. The molecule has 1 fully saturated rings. The van der Waals surface area contributed by atoms with Crippen molar-refractivity contribution >= 4 is 22.5 Å². The zero-order valence-electron chi connectivity index (χ0n) is 24.3. The van der Waals surface area contributed by atoms with Gasteiger partial charge in [-0.15, -0.1) is 0 Å². The van der Waals surface area contributed by atoms with Crippen LogP contribution >= 0.6 is 0 Å². The molecule has 1 aliphatic heterocycles. The van der Waals surface area contributed by atoms with Crippen LogP contribution in [0.4, 0.5) is 5.69 Å². The number of nitriles is 1. The molecule has 1 N–H and O–H groups in total. The van der Waals surface area contributed by atoms with Gasteiger partial charge in [0.05, 0.1) is 0 Å². The molecule has 2 aliphatic carbocycles. The Balaban J connectivity index is 1.41.